The highest BCUT2D eigenvalue weighted by atomic mass is 35.5. The summed E-state index contributed by atoms with van der Waals surface area (Å²) in [6.45, 7) is 5.55. The maximum atomic E-state index is 13.2. The summed E-state index contributed by atoms with van der Waals surface area (Å²) in [6.07, 6.45) is 1.51. The van der Waals surface area contributed by atoms with Gasteiger partial charge >= 0.3 is 5.97 Å². The molecule has 2 aliphatic rings. The van der Waals surface area contributed by atoms with E-state index in [1.165, 1.54) is 0 Å². The maximum absolute atomic E-state index is 13.2. The summed E-state index contributed by atoms with van der Waals surface area (Å²) in [5.41, 5.74) is 2.29. The van der Waals surface area contributed by atoms with E-state index in [9.17, 15) is 14.7 Å². The van der Waals surface area contributed by atoms with Crippen molar-refractivity contribution >= 4 is 29.3 Å². The van der Waals surface area contributed by atoms with E-state index < -0.39 is 5.97 Å². The topological polar surface area (TPSA) is 68.5 Å². The van der Waals surface area contributed by atoms with Crippen LogP contribution in [0.15, 0.2) is 27.9 Å². The van der Waals surface area contributed by atoms with Crippen molar-refractivity contribution in [2.45, 2.75) is 55.9 Å². The molecule has 2 aromatic rings. The first kappa shape index (κ1) is 18.4. The summed E-state index contributed by atoms with van der Waals surface area (Å²) >= 11 is 7.73. The Hall–Kier alpha value is -1.92. The zero-order valence-electron chi connectivity index (χ0n) is 15.3. The van der Waals surface area contributed by atoms with E-state index in [1.807, 2.05) is 6.92 Å². The minimum Gasteiger partial charge on any atom is -0.506 e. The van der Waals surface area contributed by atoms with Crippen LogP contribution in [0, 0.1) is 0 Å². The zero-order valence-corrected chi connectivity index (χ0v) is 16.9. The molecule has 1 aliphatic carbocycles. The lowest BCUT2D eigenvalue weighted by atomic mass is 9.99. The van der Waals surface area contributed by atoms with Crippen LogP contribution in [0.4, 0.5) is 0 Å². The Bertz CT molecular complexity index is 1010. The number of pyridine rings is 1. The molecule has 0 saturated heterocycles. The molecule has 1 saturated carbocycles. The number of carbonyl (C=O) groups is 1. The van der Waals surface area contributed by atoms with Crippen molar-refractivity contribution in [2.24, 2.45) is 0 Å². The highest BCUT2D eigenvalue weighted by molar-refractivity contribution is 7.99. The molecule has 1 aromatic carbocycles. The van der Waals surface area contributed by atoms with Gasteiger partial charge in [-0.05, 0) is 57.4 Å². The normalized spacial score (nSPS) is 18.2. The second-order valence-corrected chi connectivity index (χ2v) is 9.07. The summed E-state index contributed by atoms with van der Waals surface area (Å²) in [6, 6.07) is 5.09. The van der Waals surface area contributed by atoms with Crippen LogP contribution < -0.4 is 5.56 Å². The quantitative estimate of drug-likeness (QED) is 0.732. The molecule has 27 heavy (non-hydrogen) atoms. The number of hydrogen-bond donors (Lipinski definition) is 1. The number of benzene rings is 1. The van der Waals surface area contributed by atoms with Gasteiger partial charge in [0.25, 0.3) is 5.56 Å². The van der Waals surface area contributed by atoms with Gasteiger partial charge in [-0.1, -0.05) is 11.6 Å². The Kier molecular flexibility index (Phi) is 4.51. The molecule has 2 heterocycles. The Morgan fingerprint density at radius 1 is 1.33 bits per heavy atom. The van der Waals surface area contributed by atoms with Gasteiger partial charge in [0.05, 0.1) is 16.8 Å². The van der Waals surface area contributed by atoms with Crippen LogP contribution in [0.25, 0.3) is 11.3 Å². The van der Waals surface area contributed by atoms with E-state index in [0.717, 1.165) is 34.6 Å². The second-order valence-electron chi connectivity index (χ2n) is 7.28. The molecular formula is C20H20ClNO4S. The van der Waals surface area contributed by atoms with Crippen molar-refractivity contribution in [3.63, 3.8) is 0 Å². The fourth-order valence-corrected chi connectivity index (χ4v) is 4.75. The molecule has 1 aromatic heterocycles. The van der Waals surface area contributed by atoms with E-state index in [1.54, 1.807) is 48.4 Å². The molecule has 1 unspecified atom stereocenters. The van der Waals surface area contributed by atoms with Crippen molar-refractivity contribution < 1.29 is 14.6 Å². The van der Waals surface area contributed by atoms with Crippen molar-refractivity contribution in [1.29, 1.82) is 0 Å². The molecule has 5 nitrogen and oxygen atoms in total. The van der Waals surface area contributed by atoms with Gasteiger partial charge in [-0.15, -0.1) is 11.8 Å². The number of phenolic OH excluding ortho intramolecular Hbond substituents is 1. The number of hydrogen-bond acceptors (Lipinski definition) is 5. The highest BCUT2D eigenvalue weighted by Crippen LogP contribution is 2.52. The number of aromatic hydroxyl groups is 1. The van der Waals surface area contributed by atoms with Gasteiger partial charge in [0, 0.05) is 21.8 Å². The van der Waals surface area contributed by atoms with Crippen molar-refractivity contribution in [3.05, 3.63) is 44.7 Å². The van der Waals surface area contributed by atoms with Gasteiger partial charge in [-0.3, -0.25) is 4.79 Å². The van der Waals surface area contributed by atoms with Gasteiger partial charge in [0.2, 0.25) is 0 Å². The van der Waals surface area contributed by atoms with E-state index >= 15 is 0 Å². The highest BCUT2D eigenvalue weighted by Gasteiger charge is 2.35. The summed E-state index contributed by atoms with van der Waals surface area (Å²) in [5.74, 6) is -0.560. The lowest BCUT2D eigenvalue weighted by molar-refractivity contribution is 0.0375. The summed E-state index contributed by atoms with van der Waals surface area (Å²) in [5, 5.41) is 10.2. The summed E-state index contributed by atoms with van der Waals surface area (Å²) in [7, 11) is 0. The minimum absolute atomic E-state index is 0.0178. The van der Waals surface area contributed by atoms with E-state index in [0.29, 0.717) is 0 Å². The van der Waals surface area contributed by atoms with Crippen LogP contribution >= 0.6 is 23.4 Å². The van der Waals surface area contributed by atoms with Crippen LogP contribution in [0.3, 0.4) is 0 Å². The van der Waals surface area contributed by atoms with Crippen molar-refractivity contribution in [3.8, 4) is 17.0 Å². The number of thioether (sulfide) groups is 1. The van der Waals surface area contributed by atoms with Crippen LogP contribution in [-0.2, 0) is 4.74 Å². The SMILES string of the molecule is CC(C)OC(=O)c1cc2c(n(C3CC3)c1=O)-c1cc(Cl)c(O)cc1SC2C. The number of aromatic nitrogens is 1. The monoisotopic (exact) mass is 405 g/mol. The fraction of sp³-hybridized carbons (Fsp3) is 0.400. The first-order valence-electron chi connectivity index (χ1n) is 8.98. The van der Waals surface area contributed by atoms with Gasteiger partial charge in [-0.2, -0.15) is 0 Å². The molecule has 0 bridgehead atoms. The van der Waals surface area contributed by atoms with Crippen molar-refractivity contribution in [2.75, 3.05) is 0 Å². The number of carbonyl (C=O) groups excluding carboxylic acids is 1. The number of ether oxygens (including phenoxy) is 1. The van der Waals surface area contributed by atoms with Gasteiger partial charge in [0.15, 0.2) is 0 Å². The standard InChI is InChI=1S/C20H20ClNO4S/c1-9(2)26-20(25)14-6-12-10(3)27-17-8-16(23)15(21)7-13(17)18(12)22(19(14)24)11-4-5-11/h6-11,23H,4-5H2,1-3H3. The molecule has 1 fully saturated rings. The largest absolute Gasteiger partial charge is 0.506 e. The second kappa shape index (κ2) is 6.60. The third-order valence-corrected chi connectivity index (χ3v) is 6.29. The number of esters is 1. The molecule has 0 amide bonds. The Morgan fingerprint density at radius 3 is 2.67 bits per heavy atom. The van der Waals surface area contributed by atoms with Crippen LogP contribution in [0.1, 0.15) is 60.8 Å². The molecule has 1 N–H and O–H groups in total. The molecule has 4 rings (SSSR count). The molecule has 1 aliphatic heterocycles. The number of halogens is 1. The predicted octanol–water partition coefficient (Wildman–Crippen LogP) is 4.94. The maximum Gasteiger partial charge on any atom is 0.344 e. The molecular weight excluding hydrogens is 386 g/mol. The number of rotatable bonds is 3. The third kappa shape index (κ3) is 3.15. The predicted molar refractivity (Wildman–Crippen MR) is 106 cm³/mol. The van der Waals surface area contributed by atoms with Crippen LogP contribution in [0.2, 0.25) is 5.02 Å². The van der Waals surface area contributed by atoms with Crippen LogP contribution in [-0.4, -0.2) is 21.7 Å². The Morgan fingerprint density at radius 2 is 2.04 bits per heavy atom. The molecule has 0 radical (unpaired) electrons. The molecule has 7 heteroatoms. The molecule has 1 atom stereocenters. The Balaban J connectivity index is 1.99. The first-order chi connectivity index (χ1) is 12.8. The smallest absolute Gasteiger partial charge is 0.344 e. The van der Waals surface area contributed by atoms with Crippen molar-refractivity contribution in [1.82, 2.24) is 4.57 Å². The average Bonchev–Trinajstić information content (AvgIpc) is 3.40. The van der Waals surface area contributed by atoms with E-state index in [2.05, 4.69) is 0 Å². The molecule has 142 valence electrons. The van der Waals surface area contributed by atoms with E-state index in [4.69, 9.17) is 16.3 Å². The zero-order chi connectivity index (χ0) is 19.5. The number of nitrogens with zero attached hydrogens (tertiary/aromatic N) is 1. The Labute approximate surface area is 166 Å². The van der Waals surface area contributed by atoms with Gasteiger partial charge in [0.1, 0.15) is 11.3 Å². The number of fused-ring (bicyclic) bond motifs is 3. The lowest BCUT2D eigenvalue weighted by Gasteiger charge is -2.28. The van der Waals surface area contributed by atoms with Crippen LogP contribution in [0.5, 0.6) is 5.75 Å². The van der Waals surface area contributed by atoms with Gasteiger partial charge < -0.3 is 14.4 Å². The average molecular weight is 406 g/mol. The summed E-state index contributed by atoms with van der Waals surface area (Å²) < 4.78 is 7.02. The summed E-state index contributed by atoms with van der Waals surface area (Å²) in [4.78, 5) is 26.6. The first-order valence-corrected chi connectivity index (χ1v) is 10.2. The fourth-order valence-electron chi connectivity index (χ4n) is 3.44. The third-order valence-electron chi connectivity index (χ3n) is 4.78. The van der Waals surface area contributed by atoms with Gasteiger partial charge in [-0.25, -0.2) is 4.79 Å². The number of phenols is 1. The van der Waals surface area contributed by atoms with E-state index in [-0.39, 0.29) is 39.3 Å². The lowest BCUT2D eigenvalue weighted by Crippen LogP contribution is -2.31. The molecule has 0 spiro atoms. The minimum atomic E-state index is -0.584.